The zero-order chi connectivity index (χ0) is 16.9. The number of rotatable bonds is 6. The van der Waals surface area contributed by atoms with Crippen molar-refractivity contribution in [3.8, 4) is 17.1 Å². The SMILES string of the molecule is Cc1ccc(OCC(O)Cn2ccnc2-c2cccnc2)c(C)c1. The van der Waals surface area contributed by atoms with Crippen molar-refractivity contribution in [3.05, 3.63) is 66.2 Å². The second-order valence-electron chi connectivity index (χ2n) is 5.88. The molecule has 5 nitrogen and oxygen atoms in total. The lowest BCUT2D eigenvalue weighted by Gasteiger charge is -2.16. The first-order valence-corrected chi connectivity index (χ1v) is 7.93. The fraction of sp³-hybridized carbons (Fsp3) is 0.263. The Morgan fingerprint density at radius 3 is 2.83 bits per heavy atom. The van der Waals surface area contributed by atoms with Crippen molar-refractivity contribution >= 4 is 0 Å². The number of benzene rings is 1. The van der Waals surface area contributed by atoms with E-state index < -0.39 is 6.10 Å². The van der Waals surface area contributed by atoms with E-state index in [1.165, 1.54) is 5.56 Å². The second kappa shape index (κ2) is 7.27. The van der Waals surface area contributed by atoms with Gasteiger partial charge in [-0.25, -0.2) is 4.98 Å². The van der Waals surface area contributed by atoms with Crippen LogP contribution < -0.4 is 4.74 Å². The second-order valence-corrected chi connectivity index (χ2v) is 5.88. The summed E-state index contributed by atoms with van der Waals surface area (Å²) < 4.78 is 7.66. The van der Waals surface area contributed by atoms with Gasteiger partial charge in [-0.05, 0) is 37.6 Å². The third-order valence-electron chi connectivity index (χ3n) is 3.80. The molecule has 0 saturated heterocycles. The maximum Gasteiger partial charge on any atom is 0.141 e. The highest BCUT2D eigenvalue weighted by Crippen LogP contribution is 2.20. The van der Waals surface area contributed by atoms with E-state index in [1.807, 2.05) is 48.9 Å². The number of aryl methyl sites for hydroxylation is 2. The zero-order valence-electron chi connectivity index (χ0n) is 13.9. The van der Waals surface area contributed by atoms with Crippen LogP contribution in [0.15, 0.2) is 55.1 Å². The van der Waals surface area contributed by atoms with Crippen LogP contribution in [0.5, 0.6) is 5.75 Å². The molecule has 0 saturated carbocycles. The summed E-state index contributed by atoms with van der Waals surface area (Å²) in [7, 11) is 0. The van der Waals surface area contributed by atoms with Crippen molar-refractivity contribution in [1.29, 1.82) is 0 Å². The fourth-order valence-electron chi connectivity index (χ4n) is 2.64. The summed E-state index contributed by atoms with van der Waals surface area (Å²) in [5, 5.41) is 10.3. The molecule has 0 amide bonds. The average molecular weight is 323 g/mol. The van der Waals surface area contributed by atoms with Crippen LogP contribution in [0, 0.1) is 13.8 Å². The number of hydrogen-bond acceptors (Lipinski definition) is 4. The van der Waals surface area contributed by atoms with Gasteiger partial charge in [0.2, 0.25) is 0 Å². The van der Waals surface area contributed by atoms with Gasteiger partial charge in [-0.15, -0.1) is 0 Å². The van der Waals surface area contributed by atoms with E-state index in [9.17, 15) is 5.11 Å². The van der Waals surface area contributed by atoms with E-state index in [0.29, 0.717) is 6.54 Å². The van der Waals surface area contributed by atoms with Crippen molar-refractivity contribution in [2.75, 3.05) is 6.61 Å². The Kier molecular flexibility index (Phi) is 4.91. The van der Waals surface area contributed by atoms with Gasteiger partial charge in [0.25, 0.3) is 0 Å². The van der Waals surface area contributed by atoms with E-state index in [-0.39, 0.29) is 6.61 Å². The molecule has 2 heterocycles. The van der Waals surface area contributed by atoms with Gasteiger partial charge >= 0.3 is 0 Å². The summed E-state index contributed by atoms with van der Waals surface area (Å²) in [6.07, 6.45) is 6.43. The number of aromatic nitrogens is 3. The predicted octanol–water partition coefficient (Wildman–Crippen LogP) is 3.00. The van der Waals surface area contributed by atoms with E-state index in [4.69, 9.17) is 4.74 Å². The number of aliphatic hydroxyl groups excluding tert-OH is 1. The maximum absolute atomic E-state index is 10.3. The summed E-state index contributed by atoms with van der Waals surface area (Å²) in [5.41, 5.74) is 3.19. The van der Waals surface area contributed by atoms with Crippen LogP contribution in [-0.4, -0.2) is 32.4 Å². The number of imidazole rings is 1. The number of nitrogens with zero attached hydrogens (tertiary/aromatic N) is 3. The number of pyridine rings is 1. The lowest BCUT2D eigenvalue weighted by atomic mass is 10.1. The molecule has 2 aromatic heterocycles. The molecule has 0 aliphatic heterocycles. The highest BCUT2D eigenvalue weighted by atomic mass is 16.5. The molecule has 0 fully saturated rings. The van der Waals surface area contributed by atoms with Gasteiger partial charge in [0.1, 0.15) is 24.3 Å². The van der Waals surface area contributed by atoms with Gasteiger partial charge in [-0.2, -0.15) is 0 Å². The number of hydrogen-bond donors (Lipinski definition) is 1. The van der Waals surface area contributed by atoms with Gasteiger partial charge in [0.15, 0.2) is 0 Å². The monoisotopic (exact) mass is 323 g/mol. The highest BCUT2D eigenvalue weighted by Gasteiger charge is 2.12. The normalized spacial score (nSPS) is 12.1. The highest BCUT2D eigenvalue weighted by molar-refractivity contribution is 5.53. The molecule has 1 N–H and O–H groups in total. The molecule has 24 heavy (non-hydrogen) atoms. The van der Waals surface area contributed by atoms with Gasteiger partial charge < -0.3 is 14.4 Å². The maximum atomic E-state index is 10.3. The zero-order valence-corrected chi connectivity index (χ0v) is 13.9. The minimum Gasteiger partial charge on any atom is -0.491 e. The summed E-state index contributed by atoms with van der Waals surface area (Å²) in [6.45, 7) is 4.69. The molecule has 0 aliphatic carbocycles. The van der Waals surface area contributed by atoms with Crippen molar-refractivity contribution in [2.45, 2.75) is 26.5 Å². The van der Waals surface area contributed by atoms with Crippen LogP contribution in [0.3, 0.4) is 0 Å². The first-order chi connectivity index (χ1) is 11.6. The molecule has 1 unspecified atom stereocenters. The Bertz CT molecular complexity index is 799. The van der Waals surface area contributed by atoms with Crippen LogP contribution in [0.1, 0.15) is 11.1 Å². The Morgan fingerprint density at radius 1 is 1.21 bits per heavy atom. The third kappa shape index (κ3) is 3.81. The minimum atomic E-state index is -0.629. The molecule has 3 rings (SSSR count). The first kappa shape index (κ1) is 16.2. The molecule has 0 radical (unpaired) electrons. The molecule has 0 bridgehead atoms. The standard InChI is InChI=1S/C19H21N3O2/c1-14-5-6-18(15(2)10-14)24-13-17(23)12-22-9-8-21-19(22)16-4-3-7-20-11-16/h3-11,17,23H,12-13H2,1-2H3. The Balaban J connectivity index is 1.64. The lowest BCUT2D eigenvalue weighted by Crippen LogP contribution is -2.24. The molecule has 1 atom stereocenters. The molecular weight excluding hydrogens is 302 g/mol. The van der Waals surface area contributed by atoms with Gasteiger partial charge in [-0.1, -0.05) is 17.7 Å². The van der Waals surface area contributed by atoms with E-state index in [0.717, 1.165) is 22.7 Å². The Labute approximate surface area is 141 Å². The predicted molar refractivity (Wildman–Crippen MR) is 92.9 cm³/mol. The number of ether oxygens (including phenoxy) is 1. The van der Waals surface area contributed by atoms with E-state index >= 15 is 0 Å². The van der Waals surface area contributed by atoms with Crippen LogP contribution >= 0.6 is 0 Å². The summed E-state index contributed by atoms with van der Waals surface area (Å²) in [4.78, 5) is 8.47. The summed E-state index contributed by atoms with van der Waals surface area (Å²) in [5.74, 6) is 1.59. The quantitative estimate of drug-likeness (QED) is 0.757. The van der Waals surface area contributed by atoms with Crippen LogP contribution in [0.25, 0.3) is 11.4 Å². The number of aliphatic hydroxyl groups is 1. The Morgan fingerprint density at radius 2 is 2.08 bits per heavy atom. The van der Waals surface area contributed by atoms with E-state index in [2.05, 4.69) is 16.0 Å². The van der Waals surface area contributed by atoms with Crippen LogP contribution in [0.2, 0.25) is 0 Å². The molecule has 5 heteroatoms. The average Bonchev–Trinajstić information content (AvgIpc) is 3.03. The molecule has 1 aromatic carbocycles. The van der Waals surface area contributed by atoms with Crippen molar-refractivity contribution in [3.63, 3.8) is 0 Å². The summed E-state index contributed by atoms with van der Waals surface area (Å²) >= 11 is 0. The molecule has 3 aromatic rings. The van der Waals surface area contributed by atoms with Crippen molar-refractivity contribution < 1.29 is 9.84 Å². The topological polar surface area (TPSA) is 60.2 Å². The first-order valence-electron chi connectivity index (χ1n) is 7.93. The van der Waals surface area contributed by atoms with Crippen LogP contribution in [-0.2, 0) is 6.54 Å². The van der Waals surface area contributed by atoms with Crippen molar-refractivity contribution in [2.24, 2.45) is 0 Å². The van der Waals surface area contributed by atoms with Crippen molar-refractivity contribution in [1.82, 2.24) is 14.5 Å². The molecule has 0 aliphatic rings. The van der Waals surface area contributed by atoms with Crippen LogP contribution in [0.4, 0.5) is 0 Å². The van der Waals surface area contributed by atoms with Gasteiger partial charge in [-0.3, -0.25) is 4.98 Å². The fourth-order valence-corrected chi connectivity index (χ4v) is 2.64. The minimum absolute atomic E-state index is 0.231. The third-order valence-corrected chi connectivity index (χ3v) is 3.80. The Hall–Kier alpha value is -2.66. The van der Waals surface area contributed by atoms with E-state index in [1.54, 1.807) is 18.6 Å². The largest absolute Gasteiger partial charge is 0.491 e. The van der Waals surface area contributed by atoms with Gasteiger partial charge in [0, 0.05) is 30.4 Å². The summed E-state index contributed by atoms with van der Waals surface area (Å²) in [6, 6.07) is 9.83. The van der Waals surface area contributed by atoms with Gasteiger partial charge in [0.05, 0.1) is 6.54 Å². The molecule has 0 spiro atoms. The lowest BCUT2D eigenvalue weighted by molar-refractivity contribution is 0.0925. The molecular formula is C19H21N3O2. The smallest absolute Gasteiger partial charge is 0.141 e. The molecule has 124 valence electrons.